The van der Waals surface area contributed by atoms with Crippen LogP contribution in [0.5, 0.6) is 0 Å². The zero-order valence-corrected chi connectivity index (χ0v) is 14.9. The maximum Gasteiger partial charge on any atom is 0.232 e. The Kier molecular flexibility index (Phi) is 3.87. The Morgan fingerprint density at radius 2 is 1.33 bits per heavy atom. The van der Waals surface area contributed by atoms with Crippen LogP contribution in [0.25, 0.3) is 32.8 Å². The minimum absolute atomic E-state index is 0.816. The van der Waals surface area contributed by atoms with E-state index in [4.69, 9.17) is 0 Å². The lowest BCUT2D eigenvalue weighted by molar-refractivity contribution is -0.677. The molecule has 27 heavy (non-hydrogen) atoms. The standard InChI is InChI=1S/C25H19N2/c1-2-8-19(9-3-1)18-27-15-14-26-17-24(27)25-22-12-6-4-10-20(22)16-21-11-5-7-13-23(21)25/h1-17H,18H2/q+1. The second kappa shape index (κ2) is 6.65. The van der Waals surface area contributed by atoms with E-state index in [0.717, 1.165) is 12.2 Å². The number of aromatic nitrogens is 2. The predicted molar refractivity (Wildman–Crippen MR) is 110 cm³/mol. The average molecular weight is 347 g/mol. The summed E-state index contributed by atoms with van der Waals surface area (Å²) in [6.07, 6.45) is 5.91. The van der Waals surface area contributed by atoms with Crippen LogP contribution >= 0.6 is 0 Å². The highest BCUT2D eigenvalue weighted by molar-refractivity contribution is 6.11. The fourth-order valence-electron chi connectivity index (χ4n) is 3.80. The predicted octanol–water partition coefficient (Wildman–Crippen LogP) is 5.39. The van der Waals surface area contributed by atoms with Crippen LogP contribution in [0.15, 0.2) is 104 Å². The van der Waals surface area contributed by atoms with Crippen LogP contribution in [0.3, 0.4) is 0 Å². The monoisotopic (exact) mass is 347 g/mol. The maximum absolute atomic E-state index is 4.46. The molecule has 4 aromatic carbocycles. The van der Waals surface area contributed by atoms with Crippen molar-refractivity contribution >= 4 is 21.5 Å². The van der Waals surface area contributed by atoms with E-state index >= 15 is 0 Å². The molecule has 0 fully saturated rings. The maximum atomic E-state index is 4.46. The topological polar surface area (TPSA) is 16.8 Å². The van der Waals surface area contributed by atoms with E-state index < -0.39 is 0 Å². The fraction of sp³-hybridized carbons (Fsp3) is 0.0400. The normalized spacial score (nSPS) is 11.1. The molecule has 0 spiro atoms. The van der Waals surface area contributed by atoms with Crippen LogP contribution in [0, 0.1) is 0 Å². The number of hydrogen-bond donors (Lipinski definition) is 0. The average Bonchev–Trinajstić information content (AvgIpc) is 2.73. The van der Waals surface area contributed by atoms with Gasteiger partial charge in [-0.15, -0.1) is 0 Å². The molecule has 1 aromatic heterocycles. The van der Waals surface area contributed by atoms with Crippen LogP contribution in [0.1, 0.15) is 5.56 Å². The summed E-state index contributed by atoms with van der Waals surface area (Å²) in [6.45, 7) is 0.816. The Morgan fingerprint density at radius 3 is 2.04 bits per heavy atom. The van der Waals surface area contributed by atoms with E-state index in [1.54, 1.807) is 0 Å². The molecular formula is C25H19N2+. The van der Waals surface area contributed by atoms with Gasteiger partial charge in [0.25, 0.3) is 0 Å². The van der Waals surface area contributed by atoms with Crippen molar-refractivity contribution in [3.63, 3.8) is 0 Å². The van der Waals surface area contributed by atoms with Gasteiger partial charge in [-0.3, -0.25) is 4.98 Å². The van der Waals surface area contributed by atoms with E-state index in [0.29, 0.717) is 0 Å². The Morgan fingerprint density at radius 1 is 0.704 bits per heavy atom. The molecule has 0 aliphatic carbocycles. The molecule has 0 atom stereocenters. The van der Waals surface area contributed by atoms with Crippen molar-refractivity contribution in [2.45, 2.75) is 6.54 Å². The van der Waals surface area contributed by atoms with Crippen molar-refractivity contribution in [3.05, 3.63) is 109 Å². The highest BCUT2D eigenvalue weighted by Gasteiger charge is 2.19. The number of hydrogen-bond acceptors (Lipinski definition) is 1. The number of fused-ring (bicyclic) bond motifs is 2. The third-order valence-electron chi connectivity index (χ3n) is 5.06. The molecule has 1 heterocycles. The van der Waals surface area contributed by atoms with E-state index in [1.165, 1.54) is 32.7 Å². The largest absolute Gasteiger partial charge is 0.252 e. The molecular weight excluding hydrogens is 328 g/mol. The van der Waals surface area contributed by atoms with Crippen molar-refractivity contribution < 1.29 is 4.57 Å². The van der Waals surface area contributed by atoms with Gasteiger partial charge in [0.2, 0.25) is 5.69 Å². The van der Waals surface area contributed by atoms with E-state index in [-0.39, 0.29) is 0 Å². The molecule has 0 amide bonds. The van der Waals surface area contributed by atoms with Crippen molar-refractivity contribution in [2.75, 3.05) is 0 Å². The first-order valence-electron chi connectivity index (χ1n) is 9.18. The smallest absolute Gasteiger partial charge is 0.232 e. The van der Waals surface area contributed by atoms with E-state index in [1.807, 2.05) is 12.4 Å². The molecule has 0 N–H and O–H groups in total. The zero-order chi connectivity index (χ0) is 18.1. The van der Waals surface area contributed by atoms with Crippen LogP contribution in [0.2, 0.25) is 0 Å². The Labute approximate surface area is 158 Å². The van der Waals surface area contributed by atoms with Crippen LogP contribution in [-0.2, 0) is 6.54 Å². The first-order chi connectivity index (χ1) is 13.4. The lowest BCUT2D eigenvalue weighted by Crippen LogP contribution is -2.36. The quantitative estimate of drug-likeness (QED) is 0.316. The first kappa shape index (κ1) is 15.7. The lowest BCUT2D eigenvalue weighted by atomic mass is 9.94. The summed E-state index contributed by atoms with van der Waals surface area (Å²) < 4.78 is 2.29. The van der Waals surface area contributed by atoms with Gasteiger partial charge in [0, 0.05) is 5.56 Å². The minimum atomic E-state index is 0.816. The molecule has 0 aliphatic heterocycles. The van der Waals surface area contributed by atoms with Gasteiger partial charge in [-0.2, -0.15) is 4.57 Å². The molecule has 0 bridgehead atoms. The molecule has 0 saturated carbocycles. The molecule has 128 valence electrons. The van der Waals surface area contributed by atoms with Gasteiger partial charge in [0.05, 0.1) is 18.0 Å². The molecule has 0 aliphatic rings. The minimum Gasteiger partial charge on any atom is -0.252 e. The molecule has 5 rings (SSSR count). The summed E-state index contributed by atoms with van der Waals surface area (Å²) in [5.74, 6) is 0. The summed E-state index contributed by atoms with van der Waals surface area (Å²) in [7, 11) is 0. The van der Waals surface area contributed by atoms with E-state index in [2.05, 4.69) is 101 Å². The Balaban J connectivity index is 1.81. The van der Waals surface area contributed by atoms with Crippen LogP contribution in [0.4, 0.5) is 0 Å². The van der Waals surface area contributed by atoms with Gasteiger partial charge in [-0.1, -0.05) is 78.9 Å². The Hall–Kier alpha value is -3.52. The van der Waals surface area contributed by atoms with Crippen molar-refractivity contribution in [1.82, 2.24) is 4.98 Å². The summed E-state index contributed by atoms with van der Waals surface area (Å²) in [5, 5.41) is 5.01. The molecule has 2 nitrogen and oxygen atoms in total. The lowest BCUT2D eigenvalue weighted by Gasteiger charge is -2.11. The summed E-state index contributed by atoms with van der Waals surface area (Å²) in [6, 6.07) is 30.0. The van der Waals surface area contributed by atoms with Crippen LogP contribution < -0.4 is 4.57 Å². The van der Waals surface area contributed by atoms with Gasteiger partial charge >= 0.3 is 0 Å². The van der Waals surface area contributed by atoms with Gasteiger partial charge in [0.1, 0.15) is 0 Å². The molecule has 2 heteroatoms. The third-order valence-corrected chi connectivity index (χ3v) is 5.06. The summed E-state index contributed by atoms with van der Waals surface area (Å²) in [5.41, 5.74) is 3.65. The van der Waals surface area contributed by atoms with Crippen molar-refractivity contribution in [1.29, 1.82) is 0 Å². The third kappa shape index (κ3) is 2.85. The number of rotatable bonds is 3. The van der Waals surface area contributed by atoms with Gasteiger partial charge in [-0.05, 0) is 27.6 Å². The van der Waals surface area contributed by atoms with Crippen molar-refractivity contribution in [2.24, 2.45) is 0 Å². The summed E-state index contributed by atoms with van der Waals surface area (Å²) in [4.78, 5) is 4.46. The van der Waals surface area contributed by atoms with Crippen LogP contribution in [-0.4, -0.2) is 4.98 Å². The highest BCUT2D eigenvalue weighted by atomic mass is 15.0. The van der Waals surface area contributed by atoms with Gasteiger partial charge in [-0.25, -0.2) is 0 Å². The second-order valence-corrected chi connectivity index (χ2v) is 6.77. The van der Waals surface area contributed by atoms with Gasteiger partial charge in [0.15, 0.2) is 12.7 Å². The summed E-state index contributed by atoms with van der Waals surface area (Å²) >= 11 is 0. The second-order valence-electron chi connectivity index (χ2n) is 6.77. The zero-order valence-electron chi connectivity index (χ0n) is 14.9. The SMILES string of the molecule is c1ccc(C[n+]2ccncc2-c2c3ccccc3cc3ccccc23)cc1. The van der Waals surface area contributed by atoms with Crippen molar-refractivity contribution in [3.8, 4) is 11.3 Å². The molecule has 0 unspecified atom stereocenters. The molecule has 0 saturated heterocycles. The molecule has 5 aromatic rings. The van der Waals surface area contributed by atoms with E-state index in [9.17, 15) is 0 Å². The first-order valence-corrected chi connectivity index (χ1v) is 9.18. The Bertz CT molecular complexity index is 1190. The molecule has 0 radical (unpaired) electrons. The fourth-order valence-corrected chi connectivity index (χ4v) is 3.80. The van der Waals surface area contributed by atoms with Gasteiger partial charge < -0.3 is 0 Å². The number of benzene rings is 4. The highest BCUT2D eigenvalue weighted by Crippen LogP contribution is 2.34. The number of nitrogens with zero attached hydrogens (tertiary/aromatic N) is 2.